The fourth-order valence-electron chi connectivity index (χ4n) is 3.78. The molecule has 1 aliphatic carbocycles. The number of allylic oxidation sites excluding steroid dienone is 3. The van der Waals surface area contributed by atoms with Crippen LogP contribution in [0, 0.1) is 30.6 Å². The van der Waals surface area contributed by atoms with E-state index in [1.807, 2.05) is 34.7 Å². The van der Waals surface area contributed by atoms with Gasteiger partial charge in [-0.15, -0.1) is 0 Å². The quantitative estimate of drug-likeness (QED) is 0.855. The SMILES string of the molecule is Cc1nn(C)c(C)c1[C@H]1C(C#N)=C(N)OC2=C1C(=O)CC(C)(C)C2. The Morgan fingerprint density at radius 3 is 2.58 bits per heavy atom. The Kier molecular flexibility index (Phi) is 3.56. The van der Waals surface area contributed by atoms with E-state index in [1.165, 1.54) is 0 Å². The second-order valence-electron chi connectivity index (χ2n) is 7.41. The van der Waals surface area contributed by atoms with Crippen molar-refractivity contribution >= 4 is 5.78 Å². The molecule has 6 nitrogen and oxygen atoms in total. The summed E-state index contributed by atoms with van der Waals surface area (Å²) in [5.41, 5.74) is 9.31. The Morgan fingerprint density at radius 2 is 2.04 bits per heavy atom. The monoisotopic (exact) mass is 326 g/mol. The number of rotatable bonds is 1. The van der Waals surface area contributed by atoms with Gasteiger partial charge in [0, 0.05) is 36.7 Å². The maximum absolute atomic E-state index is 12.9. The average Bonchev–Trinajstić information content (AvgIpc) is 2.69. The highest BCUT2D eigenvalue weighted by molar-refractivity contribution is 6.00. The number of nitrogens with two attached hydrogens (primary N) is 1. The number of carbonyl (C=O) groups excluding carboxylic acids is 1. The van der Waals surface area contributed by atoms with Gasteiger partial charge in [0.2, 0.25) is 5.88 Å². The van der Waals surface area contributed by atoms with Crippen molar-refractivity contribution in [1.29, 1.82) is 5.26 Å². The van der Waals surface area contributed by atoms with E-state index in [9.17, 15) is 10.1 Å². The van der Waals surface area contributed by atoms with Gasteiger partial charge in [-0.2, -0.15) is 10.4 Å². The number of ketones is 1. The zero-order valence-electron chi connectivity index (χ0n) is 14.7. The summed E-state index contributed by atoms with van der Waals surface area (Å²) >= 11 is 0. The van der Waals surface area contributed by atoms with E-state index < -0.39 is 5.92 Å². The van der Waals surface area contributed by atoms with E-state index in [1.54, 1.807) is 4.68 Å². The molecule has 0 radical (unpaired) electrons. The van der Waals surface area contributed by atoms with Crippen LogP contribution in [0.2, 0.25) is 0 Å². The second kappa shape index (κ2) is 5.23. The van der Waals surface area contributed by atoms with Crippen molar-refractivity contribution in [2.75, 3.05) is 0 Å². The summed E-state index contributed by atoms with van der Waals surface area (Å²) in [6.07, 6.45) is 1.06. The molecule has 2 N–H and O–H groups in total. The predicted molar refractivity (Wildman–Crippen MR) is 88.4 cm³/mol. The Hall–Kier alpha value is -2.55. The fourth-order valence-corrected chi connectivity index (χ4v) is 3.78. The summed E-state index contributed by atoms with van der Waals surface area (Å²) in [5, 5.41) is 14.1. The molecule has 0 unspecified atom stereocenters. The zero-order chi connectivity index (χ0) is 17.8. The van der Waals surface area contributed by atoms with Crippen molar-refractivity contribution in [3.05, 3.63) is 39.7 Å². The molecule has 2 aliphatic rings. The van der Waals surface area contributed by atoms with Crippen LogP contribution >= 0.6 is 0 Å². The van der Waals surface area contributed by atoms with Crippen molar-refractivity contribution in [1.82, 2.24) is 9.78 Å². The van der Waals surface area contributed by atoms with Gasteiger partial charge in [0.25, 0.3) is 0 Å². The molecule has 1 aromatic heterocycles. The molecule has 0 spiro atoms. The molecular formula is C18H22N4O2. The number of hydrogen-bond acceptors (Lipinski definition) is 5. The van der Waals surface area contributed by atoms with Crippen molar-refractivity contribution in [3.8, 4) is 6.07 Å². The van der Waals surface area contributed by atoms with Crippen LogP contribution in [0.1, 0.15) is 49.6 Å². The molecule has 6 heteroatoms. The molecule has 1 atom stereocenters. The minimum absolute atomic E-state index is 0.0224. The van der Waals surface area contributed by atoms with Gasteiger partial charge >= 0.3 is 0 Å². The number of nitrogens with zero attached hydrogens (tertiary/aromatic N) is 3. The molecule has 0 saturated heterocycles. The van der Waals surface area contributed by atoms with Crippen molar-refractivity contribution < 1.29 is 9.53 Å². The van der Waals surface area contributed by atoms with Gasteiger partial charge in [-0.3, -0.25) is 9.48 Å². The van der Waals surface area contributed by atoms with E-state index in [2.05, 4.69) is 11.2 Å². The Labute approximate surface area is 141 Å². The first-order valence-electron chi connectivity index (χ1n) is 8.00. The van der Waals surface area contributed by atoms with Gasteiger partial charge in [0.15, 0.2) is 5.78 Å². The summed E-state index contributed by atoms with van der Waals surface area (Å²) in [5.74, 6) is 0.222. The molecule has 0 aromatic carbocycles. The van der Waals surface area contributed by atoms with Gasteiger partial charge in [0.05, 0.1) is 11.6 Å². The minimum atomic E-state index is -0.490. The normalized spacial score (nSPS) is 23.0. The fraction of sp³-hybridized carbons (Fsp3) is 0.500. The van der Waals surface area contributed by atoms with Crippen molar-refractivity contribution in [3.63, 3.8) is 0 Å². The topological polar surface area (TPSA) is 93.9 Å². The highest BCUT2D eigenvalue weighted by Gasteiger charge is 2.44. The van der Waals surface area contributed by atoms with E-state index >= 15 is 0 Å². The Balaban J connectivity index is 2.26. The van der Waals surface area contributed by atoms with E-state index in [0.29, 0.717) is 29.7 Å². The number of aromatic nitrogens is 2. The zero-order valence-corrected chi connectivity index (χ0v) is 14.7. The molecular weight excluding hydrogens is 304 g/mol. The smallest absolute Gasteiger partial charge is 0.205 e. The van der Waals surface area contributed by atoms with Crippen LogP contribution < -0.4 is 5.73 Å². The van der Waals surface area contributed by atoms with Gasteiger partial charge in [0.1, 0.15) is 17.4 Å². The molecule has 126 valence electrons. The molecule has 0 bridgehead atoms. The van der Waals surface area contributed by atoms with Crippen LogP contribution in [0.15, 0.2) is 22.8 Å². The first kappa shape index (κ1) is 16.3. The third-order valence-electron chi connectivity index (χ3n) is 4.93. The number of nitriles is 1. The van der Waals surface area contributed by atoms with Crippen LogP contribution in [0.4, 0.5) is 0 Å². The standard InChI is InChI=1S/C18H22N4O2/c1-9-14(10(2)22(5)21-9)15-11(8-19)17(20)24-13-7-18(3,4)6-12(23)16(13)15/h15H,6-7,20H2,1-5H3/t15-/m1/s1. The summed E-state index contributed by atoms with van der Waals surface area (Å²) in [4.78, 5) is 12.9. The van der Waals surface area contributed by atoms with Crippen molar-refractivity contribution in [2.24, 2.45) is 18.2 Å². The van der Waals surface area contributed by atoms with E-state index in [0.717, 1.165) is 17.0 Å². The summed E-state index contributed by atoms with van der Waals surface area (Å²) in [7, 11) is 1.85. The molecule has 2 heterocycles. The lowest BCUT2D eigenvalue weighted by atomic mass is 9.70. The number of ether oxygens (including phenoxy) is 1. The average molecular weight is 326 g/mol. The lowest BCUT2D eigenvalue weighted by molar-refractivity contribution is -0.119. The van der Waals surface area contributed by atoms with Gasteiger partial charge in [-0.1, -0.05) is 13.8 Å². The lowest BCUT2D eigenvalue weighted by Gasteiger charge is -2.37. The molecule has 0 fully saturated rings. The van der Waals surface area contributed by atoms with Crippen molar-refractivity contribution in [2.45, 2.75) is 46.5 Å². The lowest BCUT2D eigenvalue weighted by Crippen LogP contribution is -2.33. The minimum Gasteiger partial charge on any atom is -0.444 e. The molecule has 0 saturated carbocycles. The Bertz CT molecular complexity index is 849. The summed E-state index contributed by atoms with van der Waals surface area (Å²) in [6, 6.07) is 2.15. The summed E-state index contributed by atoms with van der Waals surface area (Å²) < 4.78 is 7.47. The first-order valence-corrected chi connectivity index (χ1v) is 8.00. The highest BCUT2D eigenvalue weighted by Crippen LogP contribution is 2.48. The maximum atomic E-state index is 12.9. The third-order valence-corrected chi connectivity index (χ3v) is 4.93. The molecule has 3 rings (SSSR count). The highest BCUT2D eigenvalue weighted by atomic mass is 16.5. The molecule has 1 aliphatic heterocycles. The van der Waals surface area contributed by atoms with Crippen LogP contribution in [0.5, 0.6) is 0 Å². The van der Waals surface area contributed by atoms with Crippen LogP contribution in [0.3, 0.4) is 0 Å². The van der Waals surface area contributed by atoms with Crippen LogP contribution in [0.25, 0.3) is 0 Å². The molecule has 24 heavy (non-hydrogen) atoms. The van der Waals surface area contributed by atoms with Gasteiger partial charge < -0.3 is 10.5 Å². The van der Waals surface area contributed by atoms with Crippen LogP contribution in [-0.2, 0) is 16.6 Å². The molecule has 1 aromatic rings. The third kappa shape index (κ3) is 2.32. The first-order chi connectivity index (χ1) is 11.2. The van der Waals surface area contributed by atoms with Gasteiger partial charge in [-0.05, 0) is 19.3 Å². The Morgan fingerprint density at radius 1 is 1.38 bits per heavy atom. The van der Waals surface area contributed by atoms with E-state index in [-0.39, 0.29) is 17.1 Å². The number of aryl methyl sites for hydroxylation is 2. The number of hydrogen-bond donors (Lipinski definition) is 1. The van der Waals surface area contributed by atoms with Crippen LogP contribution in [-0.4, -0.2) is 15.6 Å². The molecule has 0 amide bonds. The number of carbonyl (C=O) groups is 1. The largest absolute Gasteiger partial charge is 0.444 e. The second-order valence-corrected chi connectivity index (χ2v) is 7.41. The maximum Gasteiger partial charge on any atom is 0.205 e. The predicted octanol–water partition coefficient (Wildman–Crippen LogP) is 2.49. The number of Topliss-reactive ketones (excluding diaryl/α,β-unsaturated/α-hetero) is 1. The summed E-state index contributed by atoms with van der Waals surface area (Å²) in [6.45, 7) is 7.90. The van der Waals surface area contributed by atoms with Gasteiger partial charge in [-0.25, -0.2) is 0 Å². The van der Waals surface area contributed by atoms with E-state index in [4.69, 9.17) is 10.5 Å².